The molecular weight excluding hydrogens is 445 g/mol. The van der Waals surface area contributed by atoms with Gasteiger partial charge in [-0.15, -0.1) is 24.0 Å². The summed E-state index contributed by atoms with van der Waals surface area (Å²) < 4.78 is 16.4. The fourth-order valence-corrected chi connectivity index (χ4v) is 2.10. The van der Waals surface area contributed by atoms with Crippen molar-refractivity contribution < 1.29 is 14.2 Å². The number of aliphatic imine (C=N–C) groups is 1. The summed E-state index contributed by atoms with van der Waals surface area (Å²) in [6.45, 7) is 4.86. The number of hydrogen-bond acceptors (Lipinski definition) is 4. The first kappa shape index (κ1) is 21.9. The zero-order valence-electron chi connectivity index (χ0n) is 15.3. The van der Waals surface area contributed by atoms with Crippen LogP contribution in [-0.2, 0) is 0 Å². The summed E-state index contributed by atoms with van der Waals surface area (Å²) in [7, 11) is 1.62. The summed E-state index contributed by atoms with van der Waals surface area (Å²) in [5.41, 5.74) is 6.73. The number of nitrogens with one attached hydrogen (secondary N) is 1. The van der Waals surface area contributed by atoms with Crippen molar-refractivity contribution in [1.82, 2.24) is 0 Å². The van der Waals surface area contributed by atoms with E-state index in [-0.39, 0.29) is 30.1 Å². The van der Waals surface area contributed by atoms with Crippen LogP contribution in [0.3, 0.4) is 0 Å². The van der Waals surface area contributed by atoms with Crippen LogP contribution in [0.2, 0.25) is 0 Å². The molecule has 0 saturated carbocycles. The molecule has 0 aliphatic heterocycles. The van der Waals surface area contributed by atoms with Crippen molar-refractivity contribution in [2.45, 2.75) is 20.0 Å². The fourth-order valence-electron chi connectivity index (χ4n) is 2.10. The molecule has 0 spiro atoms. The van der Waals surface area contributed by atoms with E-state index < -0.39 is 0 Å². The second kappa shape index (κ2) is 11.5. The molecule has 6 nitrogen and oxygen atoms in total. The van der Waals surface area contributed by atoms with Gasteiger partial charge in [-0.1, -0.05) is 6.07 Å². The molecule has 0 aliphatic carbocycles. The van der Waals surface area contributed by atoms with Gasteiger partial charge in [0.1, 0.15) is 23.9 Å². The van der Waals surface area contributed by atoms with E-state index in [2.05, 4.69) is 10.3 Å². The highest BCUT2D eigenvalue weighted by Crippen LogP contribution is 2.19. The lowest BCUT2D eigenvalue weighted by Gasteiger charge is -2.11. The number of rotatable bonds is 8. The van der Waals surface area contributed by atoms with Crippen molar-refractivity contribution in [1.29, 1.82) is 0 Å². The van der Waals surface area contributed by atoms with Crippen LogP contribution in [-0.4, -0.2) is 32.3 Å². The Morgan fingerprint density at radius 1 is 1.08 bits per heavy atom. The van der Waals surface area contributed by atoms with Gasteiger partial charge in [-0.3, -0.25) is 0 Å². The molecule has 0 saturated heterocycles. The highest BCUT2D eigenvalue weighted by Gasteiger charge is 2.00. The molecule has 2 rings (SSSR count). The maximum Gasteiger partial charge on any atom is 0.193 e. The number of hydrogen-bond donors (Lipinski definition) is 2. The molecule has 0 unspecified atom stereocenters. The van der Waals surface area contributed by atoms with Gasteiger partial charge in [0.2, 0.25) is 0 Å². The average molecular weight is 471 g/mol. The Hall–Kier alpha value is -2.16. The molecule has 142 valence electrons. The SMILES string of the molecule is COc1cccc(OCCN=C(N)Nc2ccc(OC(C)C)cc2)c1.I. The second-order valence-corrected chi connectivity index (χ2v) is 5.61. The minimum absolute atomic E-state index is 0. The van der Waals surface area contributed by atoms with E-state index >= 15 is 0 Å². The van der Waals surface area contributed by atoms with Crippen LogP contribution in [0.4, 0.5) is 5.69 Å². The zero-order valence-corrected chi connectivity index (χ0v) is 17.6. The number of guanidine groups is 1. The Morgan fingerprint density at radius 3 is 2.42 bits per heavy atom. The summed E-state index contributed by atoms with van der Waals surface area (Å²) >= 11 is 0. The molecule has 0 radical (unpaired) electrons. The summed E-state index contributed by atoms with van der Waals surface area (Å²) in [6.07, 6.45) is 0.148. The molecule has 2 aromatic rings. The normalized spacial score (nSPS) is 10.8. The monoisotopic (exact) mass is 471 g/mol. The summed E-state index contributed by atoms with van der Waals surface area (Å²) in [5, 5.41) is 3.04. The van der Waals surface area contributed by atoms with Crippen LogP contribution < -0.4 is 25.3 Å². The zero-order chi connectivity index (χ0) is 18.1. The Bertz CT molecular complexity index is 691. The number of halogens is 1. The van der Waals surface area contributed by atoms with Gasteiger partial charge in [0.25, 0.3) is 0 Å². The third-order valence-electron chi connectivity index (χ3n) is 3.18. The van der Waals surface area contributed by atoms with Gasteiger partial charge in [-0.2, -0.15) is 0 Å². The van der Waals surface area contributed by atoms with E-state index in [9.17, 15) is 0 Å². The molecule has 0 aliphatic rings. The molecule has 0 amide bonds. The second-order valence-electron chi connectivity index (χ2n) is 5.61. The number of methoxy groups -OCH3 is 1. The standard InChI is InChI=1S/C19H25N3O3.HI/c1-14(2)25-16-9-7-15(8-10-16)22-19(20)21-11-12-24-18-6-4-5-17(13-18)23-3;/h4-10,13-14H,11-12H2,1-3H3,(H3,20,21,22);1H. The number of nitrogens with zero attached hydrogens (tertiary/aromatic N) is 1. The first-order valence-corrected chi connectivity index (χ1v) is 8.17. The van der Waals surface area contributed by atoms with Crippen molar-refractivity contribution >= 4 is 35.6 Å². The third kappa shape index (κ3) is 7.81. The molecule has 0 bridgehead atoms. The predicted octanol–water partition coefficient (Wildman–Crippen LogP) is 3.91. The minimum Gasteiger partial charge on any atom is -0.497 e. The van der Waals surface area contributed by atoms with Crippen molar-refractivity contribution in [3.05, 3.63) is 48.5 Å². The van der Waals surface area contributed by atoms with Crippen molar-refractivity contribution in [2.75, 3.05) is 25.6 Å². The Kier molecular flexibility index (Phi) is 9.64. The summed E-state index contributed by atoms with van der Waals surface area (Å²) in [5.74, 6) is 2.66. The number of anilines is 1. The number of benzene rings is 2. The van der Waals surface area contributed by atoms with Crippen LogP contribution in [0, 0.1) is 0 Å². The van der Waals surface area contributed by atoms with E-state index in [0.717, 1.165) is 22.9 Å². The molecule has 0 heterocycles. The van der Waals surface area contributed by atoms with Gasteiger partial charge in [0, 0.05) is 11.8 Å². The summed E-state index contributed by atoms with van der Waals surface area (Å²) in [4.78, 5) is 4.24. The average Bonchev–Trinajstić information content (AvgIpc) is 2.60. The van der Waals surface area contributed by atoms with E-state index in [0.29, 0.717) is 19.1 Å². The Balaban J connectivity index is 0.00000338. The van der Waals surface area contributed by atoms with E-state index in [1.54, 1.807) is 7.11 Å². The quantitative estimate of drug-likeness (QED) is 0.264. The first-order chi connectivity index (χ1) is 12.1. The maximum absolute atomic E-state index is 5.88. The molecule has 3 N–H and O–H groups in total. The van der Waals surface area contributed by atoms with Crippen molar-refractivity contribution in [2.24, 2.45) is 10.7 Å². The van der Waals surface area contributed by atoms with Crippen LogP contribution in [0.5, 0.6) is 17.2 Å². The topological polar surface area (TPSA) is 78.1 Å². The van der Waals surface area contributed by atoms with Crippen molar-refractivity contribution in [3.8, 4) is 17.2 Å². The largest absolute Gasteiger partial charge is 0.497 e. The molecule has 26 heavy (non-hydrogen) atoms. The molecular formula is C19H26IN3O3. The van der Waals surface area contributed by atoms with Crippen molar-refractivity contribution in [3.63, 3.8) is 0 Å². The van der Waals surface area contributed by atoms with Crippen LogP contribution in [0.15, 0.2) is 53.5 Å². The third-order valence-corrected chi connectivity index (χ3v) is 3.18. The smallest absolute Gasteiger partial charge is 0.193 e. The molecule has 0 atom stereocenters. The van der Waals surface area contributed by atoms with Gasteiger partial charge >= 0.3 is 0 Å². The lowest BCUT2D eigenvalue weighted by atomic mass is 10.3. The van der Waals surface area contributed by atoms with Gasteiger partial charge in [0.05, 0.1) is 19.8 Å². The molecule has 7 heteroatoms. The van der Waals surface area contributed by atoms with Gasteiger partial charge in [-0.25, -0.2) is 4.99 Å². The maximum atomic E-state index is 5.88. The van der Waals surface area contributed by atoms with Gasteiger partial charge in [0.15, 0.2) is 5.96 Å². The number of ether oxygens (including phenoxy) is 3. The first-order valence-electron chi connectivity index (χ1n) is 8.17. The molecule has 0 fully saturated rings. The van der Waals surface area contributed by atoms with Crippen LogP contribution in [0.25, 0.3) is 0 Å². The molecule has 2 aromatic carbocycles. The fraction of sp³-hybridized carbons (Fsp3) is 0.316. The Labute approximate surface area is 171 Å². The highest BCUT2D eigenvalue weighted by molar-refractivity contribution is 14.0. The van der Waals surface area contributed by atoms with Gasteiger partial charge in [-0.05, 0) is 50.2 Å². The Morgan fingerprint density at radius 2 is 1.77 bits per heavy atom. The van der Waals surface area contributed by atoms with E-state index in [4.69, 9.17) is 19.9 Å². The van der Waals surface area contributed by atoms with E-state index in [1.807, 2.05) is 62.4 Å². The highest BCUT2D eigenvalue weighted by atomic mass is 127. The van der Waals surface area contributed by atoms with Crippen LogP contribution in [0.1, 0.15) is 13.8 Å². The lowest BCUT2D eigenvalue weighted by molar-refractivity contribution is 0.242. The predicted molar refractivity (Wildman–Crippen MR) is 116 cm³/mol. The van der Waals surface area contributed by atoms with Crippen LogP contribution >= 0.6 is 24.0 Å². The number of nitrogens with two attached hydrogens (primary N) is 1. The summed E-state index contributed by atoms with van der Waals surface area (Å²) in [6, 6.07) is 15.0. The van der Waals surface area contributed by atoms with Gasteiger partial charge < -0.3 is 25.3 Å². The minimum atomic E-state index is 0. The molecule has 0 aromatic heterocycles. The van der Waals surface area contributed by atoms with E-state index in [1.165, 1.54) is 0 Å². The lowest BCUT2D eigenvalue weighted by Crippen LogP contribution is -2.23.